The molecular formula is C14H23NO5. The first kappa shape index (κ1) is 16.5. The molecule has 0 saturated heterocycles. The van der Waals surface area contributed by atoms with E-state index in [-0.39, 0.29) is 25.6 Å². The number of hydrogen-bond donors (Lipinski definition) is 0. The van der Waals surface area contributed by atoms with Crippen molar-refractivity contribution >= 4 is 17.7 Å². The van der Waals surface area contributed by atoms with Crippen molar-refractivity contribution in [2.24, 2.45) is 11.1 Å². The number of esters is 2. The van der Waals surface area contributed by atoms with Crippen molar-refractivity contribution in [3.8, 4) is 0 Å². The predicted molar refractivity (Wildman–Crippen MR) is 73.2 cm³/mol. The van der Waals surface area contributed by atoms with Gasteiger partial charge < -0.3 is 14.3 Å². The van der Waals surface area contributed by atoms with Gasteiger partial charge in [0.25, 0.3) is 0 Å². The lowest BCUT2D eigenvalue weighted by molar-refractivity contribution is -0.187. The van der Waals surface area contributed by atoms with Gasteiger partial charge in [0, 0.05) is 0 Å². The van der Waals surface area contributed by atoms with Gasteiger partial charge in [-0.1, -0.05) is 25.4 Å². The number of hydrogen-bond acceptors (Lipinski definition) is 6. The third kappa shape index (κ3) is 3.29. The zero-order valence-electron chi connectivity index (χ0n) is 12.6. The monoisotopic (exact) mass is 285 g/mol. The minimum absolute atomic E-state index is 0.103. The highest BCUT2D eigenvalue weighted by molar-refractivity contribution is 6.09. The van der Waals surface area contributed by atoms with Crippen LogP contribution in [0.4, 0.5) is 0 Å². The van der Waals surface area contributed by atoms with Crippen LogP contribution in [0, 0.1) is 5.92 Å². The largest absolute Gasteiger partial charge is 0.462 e. The summed E-state index contributed by atoms with van der Waals surface area (Å²) in [6.07, 6.45) is 2.02. The summed E-state index contributed by atoms with van der Waals surface area (Å²) in [5.41, 5.74) is -1.06. The van der Waals surface area contributed by atoms with Crippen molar-refractivity contribution in [1.82, 2.24) is 0 Å². The maximum absolute atomic E-state index is 12.1. The molecule has 0 aromatic rings. The van der Waals surface area contributed by atoms with E-state index in [0.717, 1.165) is 12.8 Å². The Hall–Kier alpha value is -1.59. The fourth-order valence-electron chi connectivity index (χ4n) is 2.12. The van der Waals surface area contributed by atoms with Crippen molar-refractivity contribution in [3.05, 3.63) is 0 Å². The van der Waals surface area contributed by atoms with Crippen LogP contribution in [-0.2, 0) is 23.9 Å². The van der Waals surface area contributed by atoms with Gasteiger partial charge in [-0.3, -0.25) is 0 Å². The molecule has 0 spiro atoms. The van der Waals surface area contributed by atoms with E-state index < -0.39 is 17.5 Å². The SMILES string of the molecule is CCCC(C)C1=NOC(C(=O)OCC)(C(=O)OCC)C1. The molecule has 0 bridgehead atoms. The smallest absolute Gasteiger partial charge is 0.365 e. The third-order valence-corrected chi connectivity index (χ3v) is 3.25. The van der Waals surface area contributed by atoms with Crippen LogP contribution in [0.2, 0.25) is 0 Å². The second-order valence-electron chi connectivity index (χ2n) is 4.81. The number of rotatable bonds is 7. The molecule has 0 fully saturated rings. The van der Waals surface area contributed by atoms with E-state index in [1.54, 1.807) is 13.8 Å². The summed E-state index contributed by atoms with van der Waals surface area (Å²) in [6.45, 7) is 7.75. The predicted octanol–water partition coefficient (Wildman–Crippen LogP) is 2.06. The molecule has 0 N–H and O–H groups in total. The summed E-state index contributed by atoms with van der Waals surface area (Å²) in [6, 6.07) is 0. The fourth-order valence-corrected chi connectivity index (χ4v) is 2.12. The molecule has 114 valence electrons. The van der Waals surface area contributed by atoms with Gasteiger partial charge in [0.2, 0.25) is 0 Å². The first-order valence-electron chi connectivity index (χ1n) is 7.11. The highest BCUT2D eigenvalue weighted by Crippen LogP contribution is 2.31. The van der Waals surface area contributed by atoms with Gasteiger partial charge >= 0.3 is 17.5 Å². The quantitative estimate of drug-likeness (QED) is 0.529. The van der Waals surface area contributed by atoms with Crippen molar-refractivity contribution in [2.45, 2.75) is 52.6 Å². The number of carbonyl (C=O) groups excluding carboxylic acids is 2. The van der Waals surface area contributed by atoms with Gasteiger partial charge in [0.1, 0.15) is 0 Å². The van der Waals surface area contributed by atoms with Crippen LogP contribution in [0.3, 0.4) is 0 Å². The molecule has 1 atom stereocenters. The maximum Gasteiger partial charge on any atom is 0.365 e. The van der Waals surface area contributed by atoms with E-state index in [0.29, 0.717) is 5.71 Å². The molecule has 0 aromatic heterocycles. The Labute approximate surface area is 119 Å². The minimum atomic E-state index is -1.76. The molecule has 1 aliphatic heterocycles. The van der Waals surface area contributed by atoms with Crippen LogP contribution in [-0.4, -0.2) is 36.5 Å². The molecule has 0 saturated carbocycles. The summed E-state index contributed by atoms with van der Waals surface area (Å²) in [4.78, 5) is 29.4. The molecule has 1 unspecified atom stereocenters. The van der Waals surface area contributed by atoms with Crippen molar-refractivity contribution < 1.29 is 23.9 Å². The first-order valence-corrected chi connectivity index (χ1v) is 7.11. The maximum atomic E-state index is 12.1. The molecule has 1 rings (SSSR count). The van der Waals surface area contributed by atoms with Crippen LogP contribution in [0.5, 0.6) is 0 Å². The standard InChI is InChI=1S/C14H23NO5/c1-5-8-10(4)11-9-14(20-15-11,12(16)18-6-2)13(17)19-7-3/h10H,5-9H2,1-4H3. The minimum Gasteiger partial charge on any atom is -0.462 e. The zero-order valence-corrected chi connectivity index (χ0v) is 12.6. The molecule has 1 heterocycles. The normalized spacial score (nSPS) is 17.9. The summed E-state index contributed by atoms with van der Waals surface area (Å²) >= 11 is 0. The Balaban J connectivity index is 2.89. The first-order chi connectivity index (χ1) is 9.51. The van der Waals surface area contributed by atoms with Gasteiger partial charge in [-0.15, -0.1) is 0 Å². The summed E-state index contributed by atoms with van der Waals surface area (Å²) in [5, 5.41) is 3.93. The zero-order chi connectivity index (χ0) is 15.2. The number of oxime groups is 1. The van der Waals surface area contributed by atoms with Crippen molar-refractivity contribution in [1.29, 1.82) is 0 Å². The molecule has 20 heavy (non-hydrogen) atoms. The fraction of sp³-hybridized carbons (Fsp3) is 0.786. The van der Waals surface area contributed by atoms with E-state index >= 15 is 0 Å². The van der Waals surface area contributed by atoms with E-state index in [4.69, 9.17) is 14.3 Å². The Morgan fingerprint density at radius 1 is 1.25 bits per heavy atom. The molecule has 6 nitrogen and oxygen atoms in total. The molecule has 0 aromatic carbocycles. The van der Waals surface area contributed by atoms with Crippen LogP contribution < -0.4 is 0 Å². The van der Waals surface area contributed by atoms with Gasteiger partial charge in [-0.2, -0.15) is 0 Å². The van der Waals surface area contributed by atoms with Gasteiger partial charge in [-0.05, 0) is 26.2 Å². The van der Waals surface area contributed by atoms with Crippen LogP contribution in [0.25, 0.3) is 0 Å². The lowest BCUT2D eigenvalue weighted by Gasteiger charge is -2.22. The number of carbonyl (C=O) groups is 2. The Morgan fingerprint density at radius 3 is 2.25 bits per heavy atom. The van der Waals surface area contributed by atoms with E-state index in [9.17, 15) is 9.59 Å². The average Bonchev–Trinajstić information content (AvgIpc) is 2.86. The molecule has 0 radical (unpaired) electrons. The summed E-state index contributed by atoms with van der Waals surface area (Å²) < 4.78 is 9.89. The Bertz CT molecular complexity index is 373. The second kappa shape index (κ2) is 7.26. The van der Waals surface area contributed by atoms with Crippen LogP contribution in [0.1, 0.15) is 47.0 Å². The molecule has 0 amide bonds. The summed E-state index contributed by atoms with van der Waals surface area (Å²) in [5.74, 6) is -1.31. The van der Waals surface area contributed by atoms with Crippen LogP contribution in [0.15, 0.2) is 5.16 Å². The van der Waals surface area contributed by atoms with Gasteiger partial charge in [-0.25, -0.2) is 9.59 Å². The lowest BCUT2D eigenvalue weighted by Crippen LogP contribution is -2.49. The second-order valence-corrected chi connectivity index (χ2v) is 4.81. The third-order valence-electron chi connectivity index (χ3n) is 3.25. The van der Waals surface area contributed by atoms with E-state index in [2.05, 4.69) is 12.1 Å². The highest BCUT2D eigenvalue weighted by atomic mass is 16.7. The van der Waals surface area contributed by atoms with Crippen molar-refractivity contribution in [2.75, 3.05) is 13.2 Å². The Morgan fingerprint density at radius 2 is 1.80 bits per heavy atom. The molecular weight excluding hydrogens is 262 g/mol. The van der Waals surface area contributed by atoms with Gasteiger partial charge in [0.15, 0.2) is 0 Å². The number of nitrogens with zero attached hydrogens (tertiary/aromatic N) is 1. The van der Waals surface area contributed by atoms with Crippen molar-refractivity contribution in [3.63, 3.8) is 0 Å². The topological polar surface area (TPSA) is 74.2 Å². The molecule has 6 heteroatoms. The van der Waals surface area contributed by atoms with E-state index in [1.807, 2.05) is 6.92 Å². The molecule has 0 aliphatic carbocycles. The van der Waals surface area contributed by atoms with Gasteiger partial charge in [0.05, 0.1) is 25.3 Å². The molecule has 1 aliphatic rings. The lowest BCUT2D eigenvalue weighted by atomic mass is 9.90. The van der Waals surface area contributed by atoms with E-state index in [1.165, 1.54) is 0 Å². The van der Waals surface area contributed by atoms with Crippen LogP contribution >= 0.6 is 0 Å². The highest BCUT2D eigenvalue weighted by Gasteiger charge is 2.56. The average molecular weight is 285 g/mol. The summed E-state index contributed by atoms with van der Waals surface area (Å²) in [7, 11) is 0. The number of ether oxygens (including phenoxy) is 2. The Kier molecular flexibility index (Phi) is 5.98.